The zero-order chi connectivity index (χ0) is 61.2. The quantitative estimate of drug-likeness (QED) is 0.0235. The minimum atomic E-state index is -1.98. The SMILES string of the molecule is CC/C=C\C/C=C\C/C=C\C/C=C\C/C=C\C/C=C\C/C=C\C/C=C\CCCCCCCCCCC(=O)NC(COC1OC(CO)C(OC2OC(CO)C(OC3OC(CO)C(O)C(O)C3O)C(O)C2O)C(O)C1O)C(O)/C=C/CCCCCC. The first-order valence-corrected chi connectivity index (χ1v) is 31.1. The molecule has 3 aliphatic heterocycles. The van der Waals surface area contributed by atoms with Crippen LogP contribution in [0.15, 0.2) is 109 Å². The number of amides is 1. The van der Waals surface area contributed by atoms with E-state index in [0.717, 1.165) is 128 Å². The van der Waals surface area contributed by atoms with Gasteiger partial charge in [-0.15, -0.1) is 0 Å². The molecule has 12 N–H and O–H groups in total. The second-order valence-corrected chi connectivity index (χ2v) is 21.8. The molecule has 84 heavy (non-hydrogen) atoms. The molecule has 19 heteroatoms. The highest BCUT2D eigenvalue weighted by atomic mass is 16.8. The summed E-state index contributed by atoms with van der Waals surface area (Å²) in [4.78, 5) is 13.2. The first kappa shape index (κ1) is 74.7. The van der Waals surface area contributed by atoms with E-state index in [-0.39, 0.29) is 18.9 Å². The van der Waals surface area contributed by atoms with E-state index in [4.69, 9.17) is 28.4 Å². The Morgan fingerprint density at radius 1 is 0.440 bits per heavy atom. The minimum absolute atomic E-state index is 0.225. The highest BCUT2D eigenvalue weighted by Gasteiger charge is 2.53. The fraction of sp³-hybridized carbons (Fsp3) is 0.708. The van der Waals surface area contributed by atoms with Gasteiger partial charge in [0, 0.05) is 6.42 Å². The van der Waals surface area contributed by atoms with Gasteiger partial charge < -0.3 is 89.9 Å². The second kappa shape index (κ2) is 46.6. The molecule has 3 heterocycles. The van der Waals surface area contributed by atoms with Gasteiger partial charge in [0.15, 0.2) is 18.9 Å². The van der Waals surface area contributed by atoms with Crippen LogP contribution in [0.5, 0.6) is 0 Å². The van der Waals surface area contributed by atoms with E-state index in [1.807, 2.05) is 6.08 Å². The fourth-order valence-electron chi connectivity index (χ4n) is 9.73. The van der Waals surface area contributed by atoms with Crippen molar-refractivity contribution in [1.82, 2.24) is 5.32 Å². The molecule has 19 nitrogen and oxygen atoms in total. The van der Waals surface area contributed by atoms with Crippen LogP contribution in [0.4, 0.5) is 0 Å². The maximum Gasteiger partial charge on any atom is 0.220 e. The lowest BCUT2D eigenvalue weighted by molar-refractivity contribution is -0.379. The van der Waals surface area contributed by atoms with Gasteiger partial charge in [-0.05, 0) is 83.5 Å². The van der Waals surface area contributed by atoms with Gasteiger partial charge in [-0.2, -0.15) is 0 Å². The zero-order valence-electron chi connectivity index (χ0n) is 50.1. The monoisotopic (exact) mass is 1190 g/mol. The van der Waals surface area contributed by atoms with Crippen molar-refractivity contribution in [2.24, 2.45) is 0 Å². The molecule has 0 aromatic heterocycles. The van der Waals surface area contributed by atoms with E-state index in [9.17, 15) is 61.0 Å². The Bertz CT molecular complexity index is 1950. The van der Waals surface area contributed by atoms with Crippen LogP contribution in [-0.2, 0) is 33.2 Å². The number of nitrogens with one attached hydrogen (secondary N) is 1. The van der Waals surface area contributed by atoms with Gasteiger partial charge in [0.25, 0.3) is 0 Å². The Hall–Kier alpha value is -3.55. The number of hydrogen-bond donors (Lipinski definition) is 12. The van der Waals surface area contributed by atoms with Gasteiger partial charge in [0.2, 0.25) is 5.91 Å². The number of aliphatic hydroxyl groups excluding tert-OH is 11. The maximum absolute atomic E-state index is 13.2. The Kier molecular flexibility index (Phi) is 41.4. The fourth-order valence-corrected chi connectivity index (χ4v) is 9.73. The Balaban J connectivity index is 1.34. The first-order valence-electron chi connectivity index (χ1n) is 31.1. The van der Waals surface area contributed by atoms with E-state index in [1.165, 1.54) is 6.42 Å². The zero-order valence-corrected chi connectivity index (χ0v) is 50.1. The normalized spacial score (nSPS) is 29.9. The molecule has 0 spiro atoms. The summed E-state index contributed by atoms with van der Waals surface area (Å²) in [5.74, 6) is -0.297. The lowest BCUT2D eigenvalue weighted by Crippen LogP contribution is -2.66. The van der Waals surface area contributed by atoms with Crippen molar-refractivity contribution in [1.29, 1.82) is 0 Å². The number of hydrogen-bond acceptors (Lipinski definition) is 18. The van der Waals surface area contributed by atoms with Gasteiger partial charge in [0.1, 0.15) is 73.2 Å². The Labute approximate surface area is 500 Å². The molecule has 3 saturated heterocycles. The molecule has 480 valence electrons. The average Bonchev–Trinajstić information content (AvgIpc) is 2.27. The highest BCUT2D eigenvalue weighted by Crippen LogP contribution is 2.33. The maximum atomic E-state index is 13.2. The van der Waals surface area contributed by atoms with E-state index >= 15 is 0 Å². The largest absolute Gasteiger partial charge is 0.394 e. The van der Waals surface area contributed by atoms with E-state index < -0.39 is 124 Å². The van der Waals surface area contributed by atoms with Crippen molar-refractivity contribution < 1.29 is 89.4 Å². The Morgan fingerprint density at radius 3 is 1.29 bits per heavy atom. The summed E-state index contributed by atoms with van der Waals surface area (Å²) < 4.78 is 34.1. The van der Waals surface area contributed by atoms with Gasteiger partial charge in [-0.1, -0.05) is 181 Å². The summed E-state index contributed by atoms with van der Waals surface area (Å²) in [6, 6.07) is -0.981. The number of rotatable bonds is 44. The van der Waals surface area contributed by atoms with Gasteiger partial charge in [0.05, 0.1) is 38.6 Å². The third kappa shape index (κ3) is 29.4. The van der Waals surface area contributed by atoms with Gasteiger partial charge in [-0.3, -0.25) is 4.79 Å². The van der Waals surface area contributed by atoms with Gasteiger partial charge in [-0.25, -0.2) is 0 Å². The van der Waals surface area contributed by atoms with Crippen molar-refractivity contribution >= 4 is 5.91 Å². The van der Waals surface area contributed by atoms with Crippen LogP contribution in [0.25, 0.3) is 0 Å². The predicted molar refractivity (Wildman–Crippen MR) is 323 cm³/mol. The van der Waals surface area contributed by atoms with Crippen molar-refractivity contribution in [2.45, 2.75) is 266 Å². The van der Waals surface area contributed by atoms with Gasteiger partial charge >= 0.3 is 0 Å². The van der Waals surface area contributed by atoms with Crippen LogP contribution < -0.4 is 5.32 Å². The van der Waals surface area contributed by atoms with Crippen LogP contribution in [0.3, 0.4) is 0 Å². The minimum Gasteiger partial charge on any atom is -0.394 e. The molecule has 17 atom stereocenters. The molecule has 1 amide bonds. The lowest BCUT2D eigenvalue weighted by Gasteiger charge is -2.48. The molecule has 0 saturated carbocycles. The number of carbonyl (C=O) groups excluding carboxylic acids is 1. The van der Waals surface area contributed by atoms with Crippen molar-refractivity contribution in [2.75, 3.05) is 26.4 Å². The van der Waals surface area contributed by atoms with Crippen molar-refractivity contribution in [3.63, 3.8) is 0 Å². The molecule has 0 aliphatic carbocycles. The molecule has 17 unspecified atom stereocenters. The number of carbonyl (C=O) groups is 1. The highest BCUT2D eigenvalue weighted by molar-refractivity contribution is 5.76. The summed E-state index contributed by atoms with van der Waals surface area (Å²) in [6.45, 7) is 1.47. The topological polar surface area (TPSA) is 307 Å². The predicted octanol–water partition coefficient (Wildman–Crippen LogP) is 6.31. The number of ether oxygens (including phenoxy) is 6. The summed E-state index contributed by atoms with van der Waals surface area (Å²) >= 11 is 0. The van der Waals surface area contributed by atoms with E-state index in [2.05, 4.69) is 116 Å². The van der Waals surface area contributed by atoms with E-state index in [0.29, 0.717) is 6.42 Å². The number of allylic oxidation sites excluding steroid dienone is 17. The van der Waals surface area contributed by atoms with Crippen LogP contribution >= 0.6 is 0 Å². The third-order valence-corrected chi connectivity index (χ3v) is 14.8. The second-order valence-electron chi connectivity index (χ2n) is 21.8. The molecule has 3 rings (SSSR count). The molecular formula is C65H107NO18. The van der Waals surface area contributed by atoms with Crippen LogP contribution in [0.1, 0.15) is 162 Å². The summed E-state index contributed by atoms with van der Waals surface area (Å²) in [5, 5.41) is 120. The summed E-state index contributed by atoms with van der Waals surface area (Å²) in [7, 11) is 0. The third-order valence-electron chi connectivity index (χ3n) is 14.8. The lowest BCUT2D eigenvalue weighted by atomic mass is 9.96. The molecule has 0 aromatic carbocycles. The standard InChI is InChI=1S/C65H107NO18/c1-3-5-7-9-11-12-13-14-15-16-17-18-19-20-21-22-23-24-25-26-27-28-29-30-31-32-33-34-35-36-37-39-41-43-53(71)66-48(49(70)42-40-38-10-8-6-4-2)47-79-63-59(77)56(74)61(51(45-68)81-63)84-65-60(78)57(75)62(52(46-69)82-65)83-64-58(76)55(73)54(72)50(44-67)80-64/h5,7,11-12,14-15,17-18,20-21,23-24,26-27,29-30,40,42,48-52,54-65,67-70,72-78H,3-4,6,8-10,13,16,19,22,25,28,31-39,41,43-47H2,1-2H3,(H,66,71)/b7-5-,12-11-,15-14-,18-17-,21-20-,24-23-,27-26-,30-29-,42-40+. The number of aliphatic hydroxyl groups is 11. The molecule has 0 bridgehead atoms. The Morgan fingerprint density at radius 2 is 0.821 bits per heavy atom. The number of unbranched alkanes of at least 4 members (excludes halogenated alkanes) is 12. The van der Waals surface area contributed by atoms with Crippen LogP contribution in [0, 0.1) is 0 Å². The molecule has 3 fully saturated rings. The van der Waals surface area contributed by atoms with Crippen molar-refractivity contribution in [3.05, 3.63) is 109 Å². The van der Waals surface area contributed by atoms with E-state index in [1.54, 1.807) is 6.08 Å². The molecular weight excluding hydrogens is 1080 g/mol. The van der Waals surface area contributed by atoms with Crippen LogP contribution in [-0.4, -0.2) is 193 Å². The summed E-state index contributed by atoms with van der Waals surface area (Å²) in [5.41, 5.74) is 0. The van der Waals surface area contributed by atoms with Crippen LogP contribution in [0.2, 0.25) is 0 Å². The smallest absolute Gasteiger partial charge is 0.220 e. The molecule has 3 aliphatic rings. The summed E-state index contributed by atoms with van der Waals surface area (Å²) in [6.07, 6.45) is 34.2. The molecule has 0 radical (unpaired) electrons. The van der Waals surface area contributed by atoms with Crippen molar-refractivity contribution in [3.8, 4) is 0 Å². The average molecular weight is 1190 g/mol. The molecule has 0 aromatic rings. The first-order chi connectivity index (χ1) is 40.8.